The van der Waals surface area contributed by atoms with Crippen LogP contribution in [0.4, 0.5) is 0 Å². The van der Waals surface area contributed by atoms with Crippen molar-refractivity contribution in [3.8, 4) is 0 Å². The Bertz CT molecular complexity index is 453. The van der Waals surface area contributed by atoms with Crippen molar-refractivity contribution in [2.45, 2.75) is 32.6 Å². The first-order chi connectivity index (χ1) is 7.02. The lowest BCUT2D eigenvalue weighted by Crippen LogP contribution is -2.39. The van der Waals surface area contributed by atoms with E-state index in [-0.39, 0.29) is 17.2 Å². The van der Waals surface area contributed by atoms with Crippen LogP contribution in [0.3, 0.4) is 0 Å². The Morgan fingerprint density at radius 3 is 2.20 bits per heavy atom. The molecule has 4 nitrogen and oxygen atoms in total. The first kappa shape index (κ1) is 11.8. The minimum atomic E-state index is -0.269. The Morgan fingerprint density at radius 2 is 1.73 bits per heavy atom. The van der Waals surface area contributed by atoms with E-state index >= 15 is 0 Å². The molecule has 0 aliphatic heterocycles. The maximum Gasteiger partial charge on any atom is 0.330 e. The van der Waals surface area contributed by atoms with Crippen molar-refractivity contribution in [1.29, 1.82) is 0 Å². The predicted molar refractivity (Wildman–Crippen MR) is 60.2 cm³/mol. The van der Waals surface area contributed by atoms with Crippen LogP contribution in [0.25, 0.3) is 0 Å². The average molecular weight is 210 g/mol. The van der Waals surface area contributed by atoms with Gasteiger partial charge in [0.25, 0.3) is 5.56 Å². The number of rotatable bonds is 3. The van der Waals surface area contributed by atoms with Gasteiger partial charge in [0.05, 0.1) is 0 Å². The fourth-order valence-electron chi connectivity index (χ4n) is 1.84. The summed E-state index contributed by atoms with van der Waals surface area (Å²) in [5.74, 6) is 0.246. The minimum Gasteiger partial charge on any atom is -0.303 e. The van der Waals surface area contributed by atoms with Crippen LogP contribution in [-0.2, 0) is 14.1 Å². The molecule has 0 atom stereocenters. The van der Waals surface area contributed by atoms with Crippen molar-refractivity contribution >= 4 is 0 Å². The molecule has 0 aliphatic rings. The van der Waals surface area contributed by atoms with Gasteiger partial charge in [-0.1, -0.05) is 13.8 Å². The van der Waals surface area contributed by atoms with Crippen LogP contribution < -0.4 is 11.2 Å². The van der Waals surface area contributed by atoms with Gasteiger partial charge in [0, 0.05) is 25.9 Å². The molecule has 1 aromatic heterocycles. The largest absolute Gasteiger partial charge is 0.330 e. The van der Waals surface area contributed by atoms with Gasteiger partial charge in [-0.15, -0.1) is 0 Å². The van der Waals surface area contributed by atoms with Crippen LogP contribution in [0.5, 0.6) is 0 Å². The zero-order valence-corrected chi connectivity index (χ0v) is 9.78. The molecule has 0 N–H and O–H groups in total. The number of aromatic nitrogens is 2. The van der Waals surface area contributed by atoms with Crippen molar-refractivity contribution < 1.29 is 0 Å². The van der Waals surface area contributed by atoms with Crippen molar-refractivity contribution in [3.63, 3.8) is 0 Å². The van der Waals surface area contributed by atoms with Crippen LogP contribution in [0.2, 0.25) is 0 Å². The highest BCUT2D eigenvalue weighted by Crippen LogP contribution is 2.18. The molecule has 0 aliphatic carbocycles. The lowest BCUT2D eigenvalue weighted by atomic mass is 9.96. The lowest BCUT2D eigenvalue weighted by Gasteiger charge is -2.13. The molecule has 0 spiro atoms. The first-order valence-corrected chi connectivity index (χ1v) is 5.29. The Hall–Kier alpha value is -1.32. The second-order valence-electron chi connectivity index (χ2n) is 3.86. The van der Waals surface area contributed by atoms with E-state index in [0.717, 1.165) is 18.4 Å². The van der Waals surface area contributed by atoms with E-state index in [1.165, 1.54) is 16.2 Å². The van der Waals surface area contributed by atoms with Gasteiger partial charge in [0.15, 0.2) is 0 Å². The fourth-order valence-corrected chi connectivity index (χ4v) is 1.84. The molecule has 84 valence electrons. The SMILES string of the molecule is CCC(CC)c1cn(C)c(=O)n(C)c1=O. The first-order valence-electron chi connectivity index (χ1n) is 5.29. The summed E-state index contributed by atoms with van der Waals surface area (Å²) >= 11 is 0. The molecule has 0 aromatic carbocycles. The fraction of sp³-hybridized carbons (Fsp3) is 0.636. The Labute approximate surface area is 89.2 Å². The molecule has 0 bridgehead atoms. The van der Waals surface area contributed by atoms with Crippen LogP contribution >= 0.6 is 0 Å². The van der Waals surface area contributed by atoms with E-state index < -0.39 is 0 Å². The Kier molecular flexibility index (Phi) is 3.50. The molecule has 4 heteroatoms. The quantitative estimate of drug-likeness (QED) is 0.746. The van der Waals surface area contributed by atoms with E-state index in [1.54, 1.807) is 13.2 Å². The van der Waals surface area contributed by atoms with Crippen LogP contribution in [0.15, 0.2) is 15.8 Å². The highest BCUT2D eigenvalue weighted by atomic mass is 16.2. The maximum atomic E-state index is 11.9. The van der Waals surface area contributed by atoms with Gasteiger partial charge in [-0.25, -0.2) is 4.79 Å². The van der Waals surface area contributed by atoms with E-state index in [0.29, 0.717) is 0 Å². The van der Waals surface area contributed by atoms with Crippen molar-refractivity contribution in [2.24, 2.45) is 14.1 Å². The monoisotopic (exact) mass is 210 g/mol. The topological polar surface area (TPSA) is 44.0 Å². The smallest absolute Gasteiger partial charge is 0.303 e. The lowest BCUT2D eigenvalue weighted by molar-refractivity contribution is 0.590. The van der Waals surface area contributed by atoms with Crippen molar-refractivity contribution in [3.05, 3.63) is 32.6 Å². The number of aryl methyl sites for hydroxylation is 1. The average Bonchev–Trinajstić information content (AvgIpc) is 2.24. The molecular formula is C11H18N2O2. The molecule has 0 saturated carbocycles. The van der Waals surface area contributed by atoms with E-state index in [2.05, 4.69) is 13.8 Å². The summed E-state index contributed by atoms with van der Waals surface area (Å²) in [6, 6.07) is 0. The normalized spacial score (nSPS) is 11.0. The minimum absolute atomic E-state index is 0.160. The predicted octanol–water partition coefficient (Wildman–Crippen LogP) is 0.988. The standard InChI is InChI=1S/C11H18N2O2/c1-5-8(6-2)9-7-12(3)11(15)13(4)10(9)14/h7-8H,5-6H2,1-4H3. The summed E-state index contributed by atoms with van der Waals surface area (Å²) in [5, 5.41) is 0. The van der Waals surface area contributed by atoms with Crippen LogP contribution in [-0.4, -0.2) is 9.13 Å². The third-order valence-corrected chi connectivity index (χ3v) is 2.90. The molecule has 0 fully saturated rings. The number of hydrogen-bond acceptors (Lipinski definition) is 2. The third kappa shape index (κ3) is 2.03. The van der Waals surface area contributed by atoms with Gasteiger partial charge in [0.1, 0.15) is 0 Å². The molecule has 15 heavy (non-hydrogen) atoms. The van der Waals surface area contributed by atoms with Gasteiger partial charge < -0.3 is 4.57 Å². The second-order valence-corrected chi connectivity index (χ2v) is 3.86. The molecule has 0 unspecified atom stereocenters. The summed E-state index contributed by atoms with van der Waals surface area (Å²) in [6.07, 6.45) is 3.51. The Morgan fingerprint density at radius 1 is 1.20 bits per heavy atom. The third-order valence-electron chi connectivity index (χ3n) is 2.90. The highest BCUT2D eigenvalue weighted by molar-refractivity contribution is 5.11. The summed E-state index contributed by atoms with van der Waals surface area (Å²) < 4.78 is 2.64. The van der Waals surface area contributed by atoms with Crippen molar-refractivity contribution in [2.75, 3.05) is 0 Å². The molecule has 0 saturated heterocycles. The number of hydrogen-bond donors (Lipinski definition) is 0. The van der Waals surface area contributed by atoms with Crippen molar-refractivity contribution in [1.82, 2.24) is 9.13 Å². The summed E-state index contributed by atoms with van der Waals surface area (Å²) in [6.45, 7) is 4.11. The number of nitrogens with zero attached hydrogens (tertiary/aromatic N) is 2. The molecule has 1 aromatic rings. The highest BCUT2D eigenvalue weighted by Gasteiger charge is 2.14. The molecule has 0 radical (unpaired) electrons. The van der Waals surface area contributed by atoms with E-state index in [4.69, 9.17) is 0 Å². The zero-order chi connectivity index (χ0) is 11.6. The van der Waals surface area contributed by atoms with Gasteiger partial charge >= 0.3 is 5.69 Å². The van der Waals surface area contributed by atoms with Crippen LogP contribution in [0.1, 0.15) is 38.2 Å². The van der Waals surface area contributed by atoms with Gasteiger partial charge in [-0.05, 0) is 18.8 Å². The molecule has 0 amide bonds. The summed E-state index contributed by atoms with van der Waals surface area (Å²) in [7, 11) is 3.20. The maximum absolute atomic E-state index is 11.9. The second kappa shape index (κ2) is 4.47. The van der Waals surface area contributed by atoms with Gasteiger partial charge in [0.2, 0.25) is 0 Å². The van der Waals surface area contributed by atoms with Crippen LogP contribution in [0, 0.1) is 0 Å². The summed E-state index contributed by atoms with van der Waals surface area (Å²) in [4.78, 5) is 23.3. The van der Waals surface area contributed by atoms with E-state index in [1.807, 2.05) is 0 Å². The molecule has 1 rings (SSSR count). The van der Waals surface area contributed by atoms with Gasteiger partial charge in [-0.3, -0.25) is 9.36 Å². The van der Waals surface area contributed by atoms with Gasteiger partial charge in [-0.2, -0.15) is 0 Å². The zero-order valence-electron chi connectivity index (χ0n) is 9.78. The van der Waals surface area contributed by atoms with E-state index in [9.17, 15) is 9.59 Å². The summed E-state index contributed by atoms with van der Waals surface area (Å²) in [5.41, 5.74) is 0.311. The Balaban J connectivity index is 3.45. The molecular weight excluding hydrogens is 192 g/mol. The molecule has 1 heterocycles.